The number of fused-ring (bicyclic) bond motifs is 1. The highest BCUT2D eigenvalue weighted by Gasteiger charge is 2.81. The summed E-state index contributed by atoms with van der Waals surface area (Å²) in [5.41, 5.74) is 6.34. The van der Waals surface area contributed by atoms with Crippen LogP contribution in [0.2, 0.25) is 0 Å². The van der Waals surface area contributed by atoms with Crippen molar-refractivity contribution in [3.05, 3.63) is 0 Å². The van der Waals surface area contributed by atoms with Gasteiger partial charge in [0.2, 0.25) is 0 Å². The van der Waals surface area contributed by atoms with Crippen LogP contribution in [0.25, 0.3) is 0 Å². The van der Waals surface area contributed by atoms with Gasteiger partial charge in [-0.25, -0.2) is 0 Å². The average molecular weight is 111 g/mol. The Balaban J connectivity index is 2.02. The van der Waals surface area contributed by atoms with Crippen LogP contribution in [0, 0.1) is 17.3 Å². The Bertz CT molecular complexity index is 126. The molecule has 46 valence electrons. The second kappa shape index (κ2) is 0.971. The molecule has 8 heavy (non-hydrogen) atoms. The predicted octanol–water partition coefficient (Wildman–Crippen LogP) is 0.990. The monoisotopic (exact) mass is 111 g/mol. The molecule has 2 unspecified atom stereocenters. The summed E-state index contributed by atoms with van der Waals surface area (Å²) in [6, 6.07) is 0.576. The lowest BCUT2D eigenvalue weighted by molar-refractivity contribution is 0.455. The minimum atomic E-state index is 0.576. The van der Waals surface area contributed by atoms with Crippen LogP contribution in [0.4, 0.5) is 0 Å². The summed E-state index contributed by atoms with van der Waals surface area (Å²) in [6.07, 6.45) is 1.34. The van der Waals surface area contributed by atoms with Crippen LogP contribution >= 0.6 is 0 Å². The molecule has 0 heterocycles. The van der Waals surface area contributed by atoms with Gasteiger partial charge in [-0.2, -0.15) is 0 Å². The summed E-state index contributed by atoms with van der Waals surface area (Å²) in [7, 11) is 0. The zero-order valence-corrected chi connectivity index (χ0v) is 5.52. The largest absolute Gasteiger partial charge is 0.327 e. The van der Waals surface area contributed by atoms with Gasteiger partial charge < -0.3 is 5.73 Å². The van der Waals surface area contributed by atoms with Crippen molar-refractivity contribution in [3.63, 3.8) is 0 Å². The van der Waals surface area contributed by atoms with E-state index in [0.29, 0.717) is 11.5 Å². The minimum Gasteiger partial charge on any atom is -0.327 e. The molecule has 0 saturated heterocycles. The predicted molar refractivity (Wildman–Crippen MR) is 33.4 cm³/mol. The quantitative estimate of drug-likeness (QED) is 0.536. The SMILES string of the molecule is CCC1[C@H]2[C@@H](N)C12C. The number of hydrogen-bond acceptors (Lipinski definition) is 1. The van der Waals surface area contributed by atoms with Crippen LogP contribution in [-0.4, -0.2) is 6.04 Å². The molecule has 2 N–H and O–H groups in total. The van der Waals surface area contributed by atoms with Gasteiger partial charge in [-0.15, -0.1) is 0 Å². The summed E-state index contributed by atoms with van der Waals surface area (Å²) in [6.45, 7) is 4.57. The smallest absolute Gasteiger partial charge is 0.0136 e. The van der Waals surface area contributed by atoms with Crippen molar-refractivity contribution in [2.24, 2.45) is 23.0 Å². The van der Waals surface area contributed by atoms with Crippen molar-refractivity contribution in [1.82, 2.24) is 0 Å². The van der Waals surface area contributed by atoms with Gasteiger partial charge in [-0.3, -0.25) is 0 Å². The van der Waals surface area contributed by atoms with E-state index in [4.69, 9.17) is 5.73 Å². The maximum Gasteiger partial charge on any atom is 0.0136 e. The molecule has 4 atom stereocenters. The van der Waals surface area contributed by atoms with E-state index in [1.54, 1.807) is 0 Å². The maximum absolute atomic E-state index is 5.72. The molecule has 0 aliphatic heterocycles. The first-order valence-electron chi connectivity index (χ1n) is 3.48. The van der Waals surface area contributed by atoms with E-state index in [-0.39, 0.29) is 0 Å². The zero-order chi connectivity index (χ0) is 5.94. The molecule has 0 amide bonds. The van der Waals surface area contributed by atoms with E-state index < -0.39 is 0 Å². The third kappa shape index (κ3) is 0.255. The molecule has 2 rings (SSSR count). The highest BCUT2D eigenvalue weighted by atomic mass is 15.0. The highest BCUT2D eigenvalue weighted by Crippen LogP contribution is 2.79. The second-order valence-corrected chi connectivity index (χ2v) is 3.43. The molecule has 2 aliphatic rings. The molecule has 0 bridgehead atoms. The van der Waals surface area contributed by atoms with Crippen molar-refractivity contribution in [2.45, 2.75) is 26.3 Å². The minimum absolute atomic E-state index is 0.576. The van der Waals surface area contributed by atoms with Crippen molar-refractivity contribution >= 4 is 0 Å². The first-order chi connectivity index (χ1) is 3.73. The molecule has 0 aromatic heterocycles. The lowest BCUT2D eigenvalue weighted by Gasteiger charge is -2.08. The van der Waals surface area contributed by atoms with Crippen molar-refractivity contribution in [2.75, 3.05) is 0 Å². The Labute approximate surface area is 50.3 Å². The van der Waals surface area contributed by atoms with E-state index in [1.807, 2.05) is 0 Å². The molecule has 2 fully saturated rings. The van der Waals surface area contributed by atoms with Gasteiger partial charge in [-0.1, -0.05) is 20.3 Å². The molecule has 0 spiro atoms. The lowest BCUT2D eigenvalue weighted by Crippen LogP contribution is -2.20. The van der Waals surface area contributed by atoms with E-state index >= 15 is 0 Å². The lowest BCUT2D eigenvalue weighted by atomic mass is 10.0. The Kier molecular flexibility index (Phi) is 0.583. The van der Waals surface area contributed by atoms with Crippen LogP contribution < -0.4 is 5.73 Å². The summed E-state index contributed by atoms with van der Waals surface area (Å²) in [5, 5.41) is 0. The van der Waals surface area contributed by atoms with Crippen molar-refractivity contribution in [1.29, 1.82) is 0 Å². The maximum atomic E-state index is 5.72. The zero-order valence-electron chi connectivity index (χ0n) is 5.52. The molecule has 2 aliphatic carbocycles. The molecule has 0 radical (unpaired) electrons. The normalized spacial score (nSPS) is 67.1. The fourth-order valence-electron chi connectivity index (χ4n) is 2.34. The van der Waals surface area contributed by atoms with Gasteiger partial charge in [0.15, 0.2) is 0 Å². The number of rotatable bonds is 1. The van der Waals surface area contributed by atoms with Gasteiger partial charge in [0.25, 0.3) is 0 Å². The average Bonchev–Trinajstić information content (AvgIpc) is 2.51. The standard InChI is InChI=1S/C7H13N/c1-3-4-5-6(8)7(4,5)2/h4-6H,3,8H2,1-2H3/t4?,5-,6+,7?/m0/s1. The fraction of sp³-hybridized carbons (Fsp3) is 1.00. The third-order valence-corrected chi connectivity index (χ3v) is 3.28. The number of nitrogens with two attached hydrogens (primary N) is 1. The molecule has 0 aromatic rings. The van der Waals surface area contributed by atoms with Crippen LogP contribution in [-0.2, 0) is 0 Å². The molecular weight excluding hydrogens is 98.1 g/mol. The van der Waals surface area contributed by atoms with E-state index in [2.05, 4.69) is 13.8 Å². The Morgan fingerprint density at radius 1 is 1.62 bits per heavy atom. The Morgan fingerprint density at radius 3 is 2.25 bits per heavy atom. The number of hydrogen-bond donors (Lipinski definition) is 1. The van der Waals surface area contributed by atoms with Crippen molar-refractivity contribution < 1.29 is 0 Å². The molecule has 1 heteroatoms. The molecular formula is C7H13N. The first kappa shape index (κ1) is 4.80. The van der Waals surface area contributed by atoms with Crippen LogP contribution in [0.5, 0.6) is 0 Å². The molecule has 2 saturated carbocycles. The van der Waals surface area contributed by atoms with Gasteiger partial charge in [0, 0.05) is 6.04 Å². The third-order valence-electron chi connectivity index (χ3n) is 3.28. The van der Waals surface area contributed by atoms with Gasteiger partial charge in [-0.05, 0) is 17.3 Å². The fourth-order valence-corrected chi connectivity index (χ4v) is 2.34. The Hall–Kier alpha value is -0.0400. The van der Waals surface area contributed by atoms with Crippen LogP contribution in [0.1, 0.15) is 20.3 Å². The first-order valence-corrected chi connectivity index (χ1v) is 3.48. The molecule has 0 aromatic carbocycles. The highest BCUT2D eigenvalue weighted by molar-refractivity contribution is 5.32. The summed E-state index contributed by atoms with van der Waals surface area (Å²) >= 11 is 0. The van der Waals surface area contributed by atoms with Crippen molar-refractivity contribution in [3.8, 4) is 0 Å². The summed E-state index contributed by atoms with van der Waals surface area (Å²) in [5.74, 6) is 1.92. The van der Waals surface area contributed by atoms with Crippen LogP contribution in [0.3, 0.4) is 0 Å². The summed E-state index contributed by atoms with van der Waals surface area (Å²) < 4.78 is 0. The van der Waals surface area contributed by atoms with E-state index in [1.165, 1.54) is 6.42 Å². The topological polar surface area (TPSA) is 26.0 Å². The van der Waals surface area contributed by atoms with Gasteiger partial charge in [0.05, 0.1) is 0 Å². The van der Waals surface area contributed by atoms with Crippen LogP contribution in [0.15, 0.2) is 0 Å². The Morgan fingerprint density at radius 2 is 2.12 bits per heavy atom. The second-order valence-electron chi connectivity index (χ2n) is 3.43. The van der Waals surface area contributed by atoms with Gasteiger partial charge in [0.1, 0.15) is 0 Å². The molecule has 1 nitrogen and oxygen atoms in total. The van der Waals surface area contributed by atoms with E-state index in [0.717, 1.165) is 11.8 Å². The van der Waals surface area contributed by atoms with Gasteiger partial charge >= 0.3 is 0 Å². The summed E-state index contributed by atoms with van der Waals surface area (Å²) in [4.78, 5) is 0. The van der Waals surface area contributed by atoms with E-state index in [9.17, 15) is 0 Å².